The molecule has 1 aliphatic rings. The number of carbonyl (C=O) groups excluding carboxylic acids is 2. The molecule has 0 saturated carbocycles. The van der Waals surface area contributed by atoms with Crippen molar-refractivity contribution in [2.75, 3.05) is 13.1 Å². The number of piperidine rings is 1. The minimum atomic E-state index is -0.358. The highest BCUT2D eigenvalue weighted by molar-refractivity contribution is 7.15. The van der Waals surface area contributed by atoms with E-state index in [0.717, 1.165) is 0 Å². The van der Waals surface area contributed by atoms with Crippen molar-refractivity contribution in [3.8, 4) is 0 Å². The molecular weight excluding hydrogens is 292 g/mol. The second-order valence-corrected chi connectivity index (χ2v) is 5.87. The summed E-state index contributed by atoms with van der Waals surface area (Å²) in [6.07, 6.45) is 4.01. The van der Waals surface area contributed by atoms with Gasteiger partial charge in [-0.2, -0.15) is 0 Å². The Hall–Kier alpha value is -2.22. The number of thiazole rings is 1. The molecular formula is C13H14N4O3S. The Labute approximate surface area is 124 Å². The number of hydrogen-bond donors (Lipinski definition) is 1. The van der Waals surface area contributed by atoms with Crippen LogP contribution < -0.4 is 11.3 Å². The fourth-order valence-corrected chi connectivity index (χ4v) is 3.18. The van der Waals surface area contributed by atoms with Crippen LogP contribution in [-0.4, -0.2) is 39.2 Å². The number of carbonyl (C=O) groups is 2. The molecule has 7 nitrogen and oxygen atoms in total. The Morgan fingerprint density at radius 3 is 2.71 bits per heavy atom. The van der Waals surface area contributed by atoms with Gasteiger partial charge in [0.15, 0.2) is 4.96 Å². The monoisotopic (exact) mass is 306 g/mol. The van der Waals surface area contributed by atoms with E-state index in [9.17, 15) is 14.4 Å². The van der Waals surface area contributed by atoms with E-state index < -0.39 is 0 Å². The molecule has 0 unspecified atom stereocenters. The van der Waals surface area contributed by atoms with E-state index in [1.165, 1.54) is 21.9 Å². The van der Waals surface area contributed by atoms with Crippen LogP contribution in [0.1, 0.15) is 23.2 Å². The summed E-state index contributed by atoms with van der Waals surface area (Å²) in [5, 5.41) is 1.75. The molecule has 0 atom stereocenters. The number of amides is 2. The van der Waals surface area contributed by atoms with E-state index in [2.05, 4.69) is 4.98 Å². The third kappa shape index (κ3) is 2.42. The van der Waals surface area contributed by atoms with Gasteiger partial charge < -0.3 is 10.6 Å². The predicted molar refractivity (Wildman–Crippen MR) is 77.2 cm³/mol. The average molecular weight is 306 g/mol. The van der Waals surface area contributed by atoms with Gasteiger partial charge in [0.25, 0.3) is 11.5 Å². The molecule has 1 fully saturated rings. The fraction of sp³-hybridized carbons (Fsp3) is 0.385. The number of nitrogens with two attached hydrogens (primary N) is 1. The number of fused-ring (bicyclic) bond motifs is 1. The number of likely N-dealkylation sites (tertiary alicyclic amines) is 1. The summed E-state index contributed by atoms with van der Waals surface area (Å²) in [7, 11) is 0. The molecule has 3 heterocycles. The Morgan fingerprint density at radius 2 is 2.05 bits per heavy atom. The lowest BCUT2D eigenvalue weighted by Crippen LogP contribution is -2.43. The summed E-state index contributed by atoms with van der Waals surface area (Å²) in [5.41, 5.74) is 4.97. The largest absolute Gasteiger partial charge is 0.369 e. The number of hydrogen-bond acceptors (Lipinski definition) is 5. The highest BCUT2D eigenvalue weighted by Gasteiger charge is 2.28. The van der Waals surface area contributed by atoms with Crippen LogP contribution in [0.3, 0.4) is 0 Å². The van der Waals surface area contributed by atoms with E-state index in [0.29, 0.717) is 30.9 Å². The van der Waals surface area contributed by atoms with Gasteiger partial charge in [0, 0.05) is 36.8 Å². The van der Waals surface area contributed by atoms with E-state index in [-0.39, 0.29) is 28.9 Å². The van der Waals surface area contributed by atoms with Gasteiger partial charge in [-0.05, 0) is 12.8 Å². The SMILES string of the molecule is NC(=O)C1CCN(C(=O)c2cnc3sccn3c2=O)CC1. The van der Waals surface area contributed by atoms with E-state index in [4.69, 9.17) is 5.73 Å². The first kappa shape index (κ1) is 13.7. The summed E-state index contributed by atoms with van der Waals surface area (Å²) in [4.78, 5) is 42.1. The smallest absolute Gasteiger partial charge is 0.271 e. The van der Waals surface area contributed by atoms with Crippen molar-refractivity contribution in [1.82, 2.24) is 14.3 Å². The van der Waals surface area contributed by atoms with Crippen molar-refractivity contribution in [3.63, 3.8) is 0 Å². The minimum Gasteiger partial charge on any atom is -0.369 e. The summed E-state index contributed by atoms with van der Waals surface area (Å²) in [6, 6.07) is 0. The molecule has 0 aliphatic carbocycles. The normalized spacial score (nSPS) is 16.3. The van der Waals surface area contributed by atoms with Gasteiger partial charge in [0.2, 0.25) is 5.91 Å². The molecule has 0 bridgehead atoms. The Morgan fingerprint density at radius 1 is 1.33 bits per heavy atom. The van der Waals surface area contributed by atoms with Crippen LogP contribution in [0.5, 0.6) is 0 Å². The van der Waals surface area contributed by atoms with Gasteiger partial charge in [-0.15, -0.1) is 11.3 Å². The van der Waals surface area contributed by atoms with Gasteiger partial charge in [-0.3, -0.25) is 18.8 Å². The lowest BCUT2D eigenvalue weighted by atomic mass is 9.96. The van der Waals surface area contributed by atoms with Crippen molar-refractivity contribution < 1.29 is 9.59 Å². The molecule has 110 valence electrons. The number of primary amides is 1. The summed E-state index contributed by atoms with van der Waals surface area (Å²) >= 11 is 1.34. The molecule has 0 spiro atoms. The van der Waals surface area contributed by atoms with Crippen LogP contribution in [0.25, 0.3) is 4.96 Å². The molecule has 0 aromatic carbocycles. The van der Waals surface area contributed by atoms with Gasteiger partial charge >= 0.3 is 0 Å². The predicted octanol–water partition coefficient (Wildman–Crippen LogP) is 0.0935. The van der Waals surface area contributed by atoms with Crippen LogP contribution in [0.15, 0.2) is 22.6 Å². The average Bonchev–Trinajstić information content (AvgIpc) is 2.96. The molecule has 2 N–H and O–H groups in total. The van der Waals surface area contributed by atoms with Crippen LogP contribution in [-0.2, 0) is 4.79 Å². The van der Waals surface area contributed by atoms with Gasteiger partial charge in [-0.1, -0.05) is 0 Å². The van der Waals surface area contributed by atoms with Crippen LogP contribution in [0.2, 0.25) is 0 Å². The lowest BCUT2D eigenvalue weighted by molar-refractivity contribution is -0.123. The molecule has 1 saturated heterocycles. The third-order valence-corrected chi connectivity index (χ3v) is 4.53. The Balaban J connectivity index is 1.83. The van der Waals surface area contributed by atoms with Crippen LogP contribution in [0, 0.1) is 5.92 Å². The molecule has 2 aromatic heterocycles. The zero-order chi connectivity index (χ0) is 15.0. The van der Waals surface area contributed by atoms with Crippen molar-refractivity contribution in [2.45, 2.75) is 12.8 Å². The molecule has 0 radical (unpaired) electrons. The first-order valence-electron chi connectivity index (χ1n) is 6.61. The first-order chi connectivity index (χ1) is 10.1. The van der Waals surface area contributed by atoms with Crippen LogP contribution in [0.4, 0.5) is 0 Å². The van der Waals surface area contributed by atoms with Gasteiger partial charge in [-0.25, -0.2) is 4.98 Å². The number of nitrogens with zero attached hydrogens (tertiary/aromatic N) is 3. The quantitative estimate of drug-likeness (QED) is 0.850. The highest BCUT2D eigenvalue weighted by atomic mass is 32.1. The molecule has 8 heteroatoms. The maximum absolute atomic E-state index is 12.4. The van der Waals surface area contributed by atoms with Gasteiger partial charge in [0.05, 0.1) is 0 Å². The van der Waals surface area contributed by atoms with E-state index in [1.54, 1.807) is 16.5 Å². The standard InChI is InChI=1S/C13H14N4O3S/c14-10(18)8-1-3-16(4-2-8)11(19)9-7-15-13-17(12(9)20)5-6-21-13/h5-8H,1-4H2,(H2,14,18). The number of rotatable bonds is 2. The maximum atomic E-state index is 12.4. The maximum Gasteiger partial charge on any atom is 0.271 e. The van der Waals surface area contributed by atoms with E-state index in [1.807, 2.05) is 0 Å². The van der Waals surface area contributed by atoms with Crippen molar-refractivity contribution >= 4 is 28.1 Å². The zero-order valence-corrected chi connectivity index (χ0v) is 12.0. The van der Waals surface area contributed by atoms with Crippen molar-refractivity contribution in [3.05, 3.63) is 33.7 Å². The summed E-state index contributed by atoms with van der Waals surface area (Å²) in [6.45, 7) is 0.858. The van der Waals surface area contributed by atoms with Gasteiger partial charge in [0.1, 0.15) is 5.56 Å². The van der Waals surface area contributed by atoms with E-state index >= 15 is 0 Å². The fourth-order valence-electron chi connectivity index (χ4n) is 2.51. The summed E-state index contributed by atoms with van der Waals surface area (Å²) in [5.74, 6) is -0.854. The molecule has 1 aliphatic heterocycles. The second kappa shape index (κ2) is 5.28. The Bertz CT molecular complexity index is 758. The zero-order valence-electron chi connectivity index (χ0n) is 11.2. The Kier molecular flexibility index (Phi) is 3.46. The molecule has 2 amide bonds. The topological polar surface area (TPSA) is 97.8 Å². The number of aromatic nitrogens is 2. The first-order valence-corrected chi connectivity index (χ1v) is 7.49. The lowest BCUT2D eigenvalue weighted by Gasteiger charge is -2.30. The molecule has 3 rings (SSSR count). The molecule has 21 heavy (non-hydrogen) atoms. The van der Waals surface area contributed by atoms with Crippen molar-refractivity contribution in [2.24, 2.45) is 11.7 Å². The third-order valence-electron chi connectivity index (χ3n) is 3.76. The van der Waals surface area contributed by atoms with Crippen LogP contribution >= 0.6 is 11.3 Å². The highest BCUT2D eigenvalue weighted by Crippen LogP contribution is 2.18. The summed E-state index contributed by atoms with van der Waals surface area (Å²) < 4.78 is 1.37. The minimum absolute atomic E-state index is 0.0587. The van der Waals surface area contributed by atoms with Crippen molar-refractivity contribution in [1.29, 1.82) is 0 Å². The molecule has 2 aromatic rings. The second-order valence-electron chi connectivity index (χ2n) is 5.00.